The van der Waals surface area contributed by atoms with Crippen molar-refractivity contribution < 1.29 is 9.59 Å². The molecule has 8 nitrogen and oxygen atoms in total. The van der Waals surface area contributed by atoms with E-state index in [2.05, 4.69) is 25.2 Å². The van der Waals surface area contributed by atoms with Gasteiger partial charge in [0.05, 0.1) is 24.4 Å². The summed E-state index contributed by atoms with van der Waals surface area (Å²) in [5.41, 5.74) is 1.28. The number of carbonyl (C=O) groups is 2. The molecule has 0 saturated carbocycles. The molecular formula is C22H28N6O2. The lowest BCUT2D eigenvalue weighted by Crippen LogP contribution is -2.51. The minimum atomic E-state index is -0.0491. The van der Waals surface area contributed by atoms with E-state index in [1.54, 1.807) is 18.6 Å². The van der Waals surface area contributed by atoms with E-state index in [0.29, 0.717) is 31.4 Å². The number of piperidine rings is 2. The fraction of sp³-hybridized carbons (Fsp3) is 0.500. The molecule has 0 aliphatic carbocycles. The highest BCUT2D eigenvalue weighted by molar-refractivity contribution is 5.92. The lowest BCUT2D eigenvalue weighted by molar-refractivity contribution is -0.127. The second-order valence-corrected chi connectivity index (χ2v) is 7.99. The molecule has 8 heteroatoms. The van der Waals surface area contributed by atoms with Crippen LogP contribution < -0.4 is 5.32 Å². The summed E-state index contributed by atoms with van der Waals surface area (Å²) in [6.45, 7) is 3.71. The Hall–Kier alpha value is -2.87. The number of nitrogens with zero attached hydrogens (tertiary/aromatic N) is 5. The predicted octanol–water partition coefficient (Wildman–Crippen LogP) is 1.50. The first-order chi connectivity index (χ1) is 14.7. The summed E-state index contributed by atoms with van der Waals surface area (Å²) in [4.78, 5) is 41.9. The van der Waals surface area contributed by atoms with Crippen molar-refractivity contribution in [2.45, 2.75) is 38.3 Å². The third kappa shape index (κ3) is 4.99. The highest BCUT2D eigenvalue weighted by Crippen LogP contribution is 2.24. The zero-order valence-electron chi connectivity index (χ0n) is 17.1. The molecule has 0 aromatic carbocycles. The molecule has 2 saturated heterocycles. The van der Waals surface area contributed by atoms with Crippen molar-refractivity contribution in [1.82, 2.24) is 30.1 Å². The molecule has 2 aromatic rings. The zero-order chi connectivity index (χ0) is 20.8. The van der Waals surface area contributed by atoms with Gasteiger partial charge in [-0.15, -0.1) is 0 Å². The Bertz CT molecular complexity index is 839. The molecule has 2 aliphatic heterocycles. The Morgan fingerprint density at radius 2 is 1.90 bits per heavy atom. The van der Waals surface area contributed by atoms with E-state index in [9.17, 15) is 9.59 Å². The van der Waals surface area contributed by atoms with E-state index in [0.717, 1.165) is 44.5 Å². The molecule has 4 rings (SSSR count). The maximum absolute atomic E-state index is 12.7. The smallest absolute Gasteiger partial charge is 0.274 e. The number of hydrogen-bond acceptors (Lipinski definition) is 6. The molecule has 2 aliphatic rings. The summed E-state index contributed by atoms with van der Waals surface area (Å²) in [7, 11) is 0. The van der Waals surface area contributed by atoms with Crippen LogP contribution in [0.25, 0.3) is 0 Å². The van der Waals surface area contributed by atoms with Gasteiger partial charge in [-0.05, 0) is 44.4 Å². The first kappa shape index (κ1) is 20.4. The molecule has 2 amide bonds. The summed E-state index contributed by atoms with van der Waals surface area (Å²) < 4.78 is 0. The molecule has 4 heterocycles. The van der Waals surface area contributed by atoms with Crippen molar-refractivity contribution in [2.75, 3.05) is 26.2 Å². The van der Waals surface area contributed by atoms with Gasteiger partial charge in [0.1, 0.15) is 5.69 Å². The summed E-state index contributed by atoms with van der Waals surface area (Å²) >= 11 is 0. The Morgan fingerprint density at radius 1 is 1.03 bits per heavy atom. The molecule has 0 bridgehead atoms. The molecule has 2 fully saturated rings. The summed E-state index contributed by atoms with van der Waals surface area (Å²) in [5.74, 6) is 0.0781. The van der Waals surface area contributed by atoms with Crippen molar-refractivity contribution in [1.29, 1.82) is 0 Å². The van der Waals surface area contributed by atoms with Crippen LogP contribution in [-0.2, 0) is 11.3 Å². The average molecular weight is 409 g/mol. The third-order valence-electron chi connectivity index (χ3n) is 6.04. The van der Waals surface area contributed by atoms with Crippen LogP contribution in [0, 0.1) is 5.92 Å². The normalized spacial score (nSPS) is 20.7. The first-order valence-electron chi connectivity index (χ1n) is 10.7. The van der Waals surface area contributed by atoms with Gasteiger partial charge >= 0.3 is 0 Å². The largest absolute Gasteiger partial charge is 0.350 e. The second kappa shape index (κ2) is 9.75. The van der Waals surface area contributed by atoms with Crippen LogP contribution in [-0.4, -0.2) is 68.8 Å². The molecule has 0 radical (unpaired) electrons. The van der Waals surface area contributed by atoms with Gasteiger partial charge in [-0.2, -0.15) is 0 Å². The number of amides is 2. The van der Waals surface area contributed by atoms with Gasteiger partial charge in [0, 0.05) is 44.3 Å². The van der Waals surface area contributed by atoms with Crippen molar-refractivity contribution in [3.63, 3.8) is 0 Å². The minimum Gasteiger partial charge on any atom is -0.350 e. The lowest BCUT2D eigenvalue weighted by Gasteiger charge is -2.42. The molecule has 2 aromatic heterocycles. The lowest BCUT2D eigenvalue weighted by atomic mass is 9.93. The predicted molar refractivity (Wildman–Crippen MR) is 111 cm³/mol. The van der Waals surface area contributed by atoms with Crippen LogP contribution in [0.5, 0.6) is 0 Å². The van der Waals surface area contributed by atoms with Gasteiger partial charge in [-0.3, -0.25) is 24.5 Å². The molecule has 1 N–H and O–H groups in total. The maximum Gasteiger partial charge on any atom is 0.274 e. The van der Waals surface area contributed by atoms with Crippen LogP contribution in [0.1, 0.15) is 41.9 Å². The maximum atomic E-state index is 12.7. The number of aromatic nitrogens is 3. The Morgan fingerprint density at radius 3 is 2.63 bits per heavy atom. The van der Waals surface area contributed by atoms with Gasteiger partial charge in [-0.1, -0.05) is 6.07 Å². The van der Waals surface area contributed by atoms with Gasteiger partial charge in [0.2, 0.25) is 5.91 Å². The van der Waals surface area contributed by atoms with Crippen molar-refractivity contribution >= 4 is 11.8 Å². The Labute approximate surface area is 176 Å². The molecule has 1 atom stereocenters. The second-order valence-electron chi connectivity index (χ2n) is 7.99. The fourth-order valence-corrected chi connectivity index (χ4v) is 4.38. The minimum absolute atomic E-state index is 0.0155. The quantitative estimate of drug-likeness (QED) is 0.806. The Balaban J connectivity index is 1.26. The number of hydrogen-bond donors (Lipinski definition) is 1. The van der Waals surface area contributed by atoms with Crippen molar-refractivity contribution in [3.05, 3.63) is 54.4 Å². The third-order valence-corrected chi connectivity index (χ3v) is 6.04. The Kier molecular flexibility index (Phi) is 6.63. The monoisotopic (exact) mass is 408 g/mol. The van der Waals surface area contributed by atoms with Crippen molar-refractivity contribution in [3.8, 4) is 0 Å². The average Bonchev–Trinajstić information content (AvgIpc) is 2.83. The molecule has 0 spiro atoms. The number of pyridine rings is 1. The van der Waals surface area contributed by atoms with Gasteiger partial charge in [0.25, 0.3) is 5.91 Å². The SMILES string of the molecule is O=C(NCc1ccccn1)[C@@H]1CCCN(C2CCN(C(=O)c3cnccn3)CC2)C1. The van der Waals surface area contributed by atoms with Crippen molar-refractivity contribution in [2.24, 2.45) is 5.92 Å². The summed E-state index contributed by atoms with van der Waals surface area (Å²) in [6.07, 6.45) is 10.2. The molecule has 0 unspecified atom stereocenters. The van der Waals surface area contributed by atoms with E-state index in [1.165, 1.54) is 6.20 Å². The highest BCUT2D eigenvalue weighted by Gasteiger charge is 2.32. The first-order valence-corrected chi connectivity index (χ1v) is 10.7. The topological polar surface area (TPSA) is 91.3 Å². The van der Waals surface area contributed by atoms with Gasteiger partial charge in [-0.25, -0.2) is 4.98 Å². The summed E-state index contributed by atoms with van der Waals surface area (Å²) in [5, 5.41) is 3.04. The molecular weight excluding hydrogens is 380 g/mol. The van der Waals surface area contributed by atoms with Crippen LogP contribution in [0.2, 0.25) is 0 Å². The van der Waals surface area contributed by atoms with E-state index in [1.807, 2.05) is 23.1 Å². The van der Waals surface area contributed by atoms with E-state index < -0.39 is 0 Å². The standard InChI is InChI=1S/C22H28N6O2/c29-21(26-14-18-5-1-2-8-24-18)17-4-3-11-28(16-17)19-6-12-27(13-7-19)22(30)20-15-23-9-10-25-20/h1-2,5,8-10,15,17,19H,3-4,6-7,11-14,16H2,(H,26,29)/t17-/m1/s1. The summed E-state index contributed by atoms with van der Waals surface area (Å²) in [6, 6.07) is 6.14. The van der Waals surface area contributed by atoms with Gasteiger partial charge in [0.15, 0.2) is 0 Å². The van der Waals surface area contributed by atoms with Crippen LogP contribution >= 0.6 is 0 Å². The number of carbonyl (C=O) groups excluding carboxylic acids is 2. The molecule has 30 heavy (non-hydrogen) atoms. The zero-order valence-corrected chi connectivity index (χ0v) is 17.1. The fourth-order valence-electron chi connectivity index (χ4n) is 4.38. The molecule has 158 valence electrons. The van der Waals surface area contributed by atoms with E-state index in [4.69, 9.17) is 0 Å². The van der Waals surface area contributed by atoms with E-state index in [-0.39, 0.29) is 17.7 Å². The number of nitrogens with one attached hydrogen (secondary N) is 1. The number of rotatable bonds is 5. The van der Waals surface area contributed by atoms with Crippen LogP contribution in [0.15, 0.2) is 43.0 Å². The van der Waals surface area contributed by atoms with Gasteiger partial charge < -0.3 is 10.2 Å². The highest BCUT2D eigenvalue weighted by atomic mass is 16.2. The van der Waals surface area contributed by atoms with Crippen LogP contribution in [0.4, 0.5) is 0 Å². The van der Waals surface area contributed by atoms with E-state index >= 15 is 0 Å². The van der Waals surface area contributed by atoms with Crippen LogP contribution in [0.3, 0.4) is 0 Å². The number of likely N-dealkylation sites (tertiary alicyclic amines) is 2.